The first-order valence-electron chi connectivity index (χ1n) is 21.1. The molecule has 0 rings (SSSR count). The van der Waals surface area contributed by atoms with Crippen LogP contribution in [0.4, 0.5) is 0 Å². The summed E-state index contributed by atoms with van der Waals surface area (Å²) in [6, 6.07) is 0. The van der Waals surface area contributed by atoms with Gasteiger partial charge in [-0.2, -0.15) is 0 Å². The molecule has 0 aliphatic rings. The standard InChI is InChI=1S/3C11H22O3S.C8H17.Sn/c3*1-9(2)6-4-3-5-7-11(14,8-12)10(13)15;1-3-5-7-8-6-4-2;/h3*9,12,14H,3-8H2,1-2H3,(H,13,15);1,3-8H2,2H3;/q;;;;+3/p-3. The Morgan fingerprint density at radius 2 is 0.741 bits per heavy atom. The predicted molar refractivity (Wildman–Crippen MR) is 235 cm³/mol. The summed E-state index contributed by atoms with van der Waals surface area (Å²) in [4.78, 5) is 0. The van der Waals surface area contributed by atoms with Gasteiger partial charge in [-0.25, -0.2) is 0 Å². The van der Waals surface area contributed by atoms with Crippen LogP contribution < -0.4 is 0 Å². The Hall–Kier alpha value is 0.229. The maximum absolute atomic E-state index is 11.7. The zero-order valence-corrected chi connectivity index (χ0v) is 40.3. The molecule has 3 atom stereocenters. The van der Waals surface area contributed by atoms with Gasteiger partial charge in [0, 0.05) is 0 Å². The van der Waals surface area contributed by atoms with Crippen molar-refractivity contribution in [3.05, 3.63) is 0 Å². The van der Waals surface area contributed by atoms with Gasteiger partial charge in [-0.1, -0.05) is 0 Å². The molecule has 6 N–H and O–H groups in total. The van der Waals surface area contributed by atoms with Crippen molar-refractivity contribution in [2.75, 3.05) is 19.8 Å². The Labute approximate surface area is 351 Å². The molecule has 54 heavy (non-hydrogen) atoms. The molecule has 0 heterocycles. The number of hydrogen-bond acceptors (Lipinski definition) is 12. The quantitative estimate of drug-likeness (QED) is 0.0208. The van der Waals surface area contributed by atoms with Crippen LogP contribution in [0, 0.1) is 17.8 Å². The van der Waals surface area contributed by atoms with Crippen molar-refractivity contribution in [3.8, 4) is 0 Å². The van der Waals surface area contributed by atoms with Crippen LogP contribution in [-0.2, 0) is 9.22 Å². The monoisotopic (exact) mass is 932 g/mol. The summed E-state index contributed by atoms with van der Waals surface area (Å²) in [5, 5.41) is 65.5. The van der Waals surface area contributed by atoms with Gasteiger partial charge in [-0.15, -0.1) is 0 Å². The summed E-state index contributed by atoms with van der Waals surface area (Å²) < 4.78 is 19.7. The fraction of sp³-hybridized carbons (Fsp3) is 0.927. The van der Waals surface area contributed by atoms with Crippen LogP contribution in [-0.4, -0.2) is 102 Å². The van der Waals surface area contributed by atoms with Crippen LogP contribution in [0.15, 0.2) is 0 Å². The second kappa shape index (κ2) is 29.4. The average molecular weight is 932 g/mol. The second-order valence-electron chi connectivity index (χ2n) is 16.9. The molecule has 0 aromatic carbocycles. The number of aliphatic hydroxyl groups is 6. The van der Waals surface area contributed by atoms with E-state index in [1.54, 1.807) is 0 Å². The molecule has 0 bridgehead atoms. The average Bonchev–Trinajstić information content (AvgIpc) is 3.11. The summed E-state index contributed by atoms with van der Waals surface area (Å²) >= 11 is 11.8. The van der Waals surface area contributed by atoms with E-state index in [1.807, 2.05) is 0 Å². The number of thiocarbonyl (C=S) groups is 3. The molecule has 0 fully saturated rings. The fourth-order valence-electron chi connectivity index (χ4n) is 6.22. The van der Waals surface area contributed by atoms with E-state index in [0.29, 0.717) is 43.4 Å². The molecule has 3 unspecified atom stereocenters. The van der Waals surface area contributed by atoms with Gasteiger partial charge in [-0.3, -0.25) is 0 Å². The molecule has 0 radical (unpaired) electrons. The van der Waals surface area contributed by atoms with Crippen molar-refractivity contribution in [3.63, 3.8) is 0 Å². The molecule has 320 valence electrons. The molecular weight excluding hydrogens is 851 g/mol. The van der Waals surface area contributed by atoms with E-state index in [4.69, 9.17) is 45.9 Å². The van der Waals surface area contributed by atoms with E-state index < -0.39 is 56.2 Å². The minimum absolute atomic E-state index is 0.141. The van der Waals surface area contributed by atoms with E-state index >= 15 is 0 Å². The van der Waals surface area contributed by atoms with Crippen molar-refractivity contribution in [2.45, 2.75) is 205 Å². The molecule has 0 aliphatic heterocycles. The Morgan fingerprint density at radius 1 is 0.463 bits per heavy atom. The molecular formula is C41H80O9S3Sn. The van der Waals surface area contributed by atoms with Gasteiger partial charge >= 0.3 is 353 Å². The summed E-state index contributed by atoms with van der Waals surface area (Å²) in [6.45, 7) is 13.0. The molecule has 0 aromatic heterocycles. The van der Waals surface area contributed by atoms with Gasteiger partial charge < -0.3 is 0 Å². The number of aliphatic hydroxyl groups excluding tert-OH is 3. The van der Waals surface area contributed by atoms with Crippen LogP contribution in [0.2, 0.25) is 4.44 Å². The van der Waals surface area contributed by atoms with Gasteiger partial charge in [0.1, 0.15) is 0 Å². The van der Waals surface area contributed by atoms with Crippen LogP contribution in [0.25, 0.3) is 0 Å². The third-order valence-corrected chi connectivity index (χ3v) is 19.9. The SMILES string of the molecule is CCCCCCC[CH2][Sn]([O]C(=S)C(O)(CO)CCCCCC(C)C)([O]C(=S)C(O)(CO)CCCCCC(C)C)[O]C(=S)C(O)(CO)CCCCCC(C)C. The molecule has 13 heteroatoms. The van der Waals surface area contributed by atoms with Crippen LogP contribution in [0.1, 0.15) is 183 Å². The van der Waals surface area contributed by atoms with Crippen LogP contribution >= 0.6 is 36.7 Å². The van der Waals surface area contributed by atoms with Gasteiger partial charge in [0.2, 0.25) is 0 Å². The van der Waals surface area contributed by atoms with Crippen molar-refractivity contribution in [1.82, 2.24) is 0 Å². The van der Waals surface area contributed by atoms with E-state index in [9.17, 15) is 30.6 Å². The zero-order chi connectivity index (χ0) is 41.3. The van der Waals surface area contributed by atoms with E-state index in [2.05, 4.69) is 48.5 Å². The number of hydrogen-bond donors (Lipinski definition) is 6. The summed E-state index contributed by atoms with van der Waals surface area (Å²) in [5.41, 5.74) is -5.71. The number of unbranched alkanes of at least 4 members (excludes halogenated alkanes) is 11. The van der Waals surface area contributed by atoms with Crippen molar-refractivity contribution in [2.24, 2.45) is 17.8 Å². The summed E-state index contributed by atoms with van der Waals surface area (Å²) in [6.07, 6.45) is 16.2. The first kappa shape index (κ1) is 54.2. The first-order valence-corrected chi connectivity index (χ1v) is 27.8. The predicted octanol–water partition coefficient (Wildman–Crippen LogP) is 9.31. The van der Waals surface area contributed by atoms with Gasteiger partial charge in [0.15, 0.2) is 0 Å². The normalized spacial score (nSPS) is 16.4. The Bertz CT molecular complexity index is 922. The molecule has 9 nitrogen and oxygen atoms in total. The zero-order valence-electron chi connectivity index (χ0n) is 35.0. The van der Waals surface area contributed by atoms with Crippen LogP contribution in [0.5, 0.6) is 0 Å². The molecule has 0 aromatic rings. The van der Waals surface area contributed by atoms with Crippen molar-refractivity contribution in [1.29, 1.82) is 0 Å². The summed E-state index contributed by atoms with van der Waals surface area (Å²) in [7, 11) is 0. The second-order valence-corrected chi connectivity index (χ2v) is 25.1. The maximum atomic E-state index is 11.7. The fourth-order valence-corrected chi connectivity index (χ4v) is 16.5. The van der Waals surface area contributed by atoms with Gasteiger partial charge in [0.25, 0.3) is 0 Å². The molecule has 0 aliphatic carbocycles. The van der Waals surface area contributed by atoms with Gasteiger partial charge in [-0.05, 0) is 0 Å². The molecule has 0 saturated heterocycles. The molecule has 0 amide bonds. The van der Waals surface area contributed by atoms with Gasteiger partial charge in [0.05, 0.1) is 0 Å². The topological polar surface area (TPSA) is 149 Å². The van der Waals surface area contributed by atoms with E-state index in [-0.39, 0.29) is 38.9 Å². The molecule has 0 spiro atoms. The van der Waals surface area contributed by atoms with E-state index in [0.717, 1.165) is 89.9 Å². The number of rotatable bonds is 34. The molecule has 0 saturated carbocycles. The Balaban J connectivity index is 6.72. The van der Waals surface area contributed by atoms with Crippen molar-refractivity contribution >= 4 is 71.4 Å². The first-order chi connectivity index (χ1) is 25.4. The summed E-state index contributed by atoms with van der Waals surface area (Å²) in [5.74, 6) is 1.67. The van der Waals surface area contributed by atoms with Crippen LogP contribution in [0.3, 0.4) is 0 Å². The third-order valence-electron chi connectivity index (χ3n) is 10.1. The van der Waals surface area contributed by atoms with E-state index in [1.165, 1.54) is 0 Å². The minimum atomic E-state index is -5.44. The Kier molecular flexibility index (Phi) is 29.6. The van der Waals surface area contributed by atoms with Crippen molar-refractivity contribution < 1.29 is 39.9 Å². The third kappa shape index (κ3) is 22.4. The Morgan fingerprint density at radius 3 is 1.02 bits per heavy atom.